The van der Waals surface area contributed by atoms with E-state index < -0.39 is 0 Å². The van der Waals surface area contributed by atoms with Crippen LogP contribution in [0.5, 0.6) is 0 Å². The zero-order valence-electron chi connectivity index (χ0n) is 6.59. The van der Waals surface area contributed by atoms with Gasteiger partial charge in [-0.05, 0) is 18.6 Å². The summed E-state index contributed by atoms with van der Waals surface area (Å²) in [4.78, 5) is 14.9. The summed E-state index contributed by atoms with van der Waals surface area (Å²) >= 11 is 0. The van der Waals surface area contributed by atoms with E-state index in [4.69, 9.17) is 0 Å². The summed E-state index contributed by atoms with van der Waals surface area (Å²) in [6, 6.07) is 1.81. The standard InChI is InChI=1S/C8H10N2O/c1-6-3-4-10-5-7(6)8(11)9-2/h3-5H,1-2H3,(H,9,11). The van der Waals surface area contributed by atoms with Gasteiger partial charge in [0, 0.05) is 19.4 Å². The van der Waals surface area contributed by atoms with E-state index in [1.807, 2.05) is 13.0 Å². The molecule has 11 heavy (non-hydrogen) atoms. The Morgan fingerprint density at radius 1 is 1.64 bits per heavy atom. The van der Waals surface area contributed by atoms with Gasteiger partial charge < -0.3 is 5.32 Å². The number of carbonyl (C=O) groups excluding carboxylic acids is 1. The summed E-state index contributed by atoms with van der Waals surface area (Å²) in [6.45, 7) is 1.88. The maximum atomic E-state index is 11.1. The third kappa shape index (κ3) is 1.55. The van der Waals surface area contributed by atoms with Gasteiger partial charge >= 0.3 is 0 Å². The lowest BCUT2D eigenvalue weighted by Crippen LogP contribution is -2.18. The van der Waals surface area contributed by atoms with Crippen LogP contribution in [-0.4, -0.2) is 17.9 Å². The average Bonchev–Trinajstić information content (AvgIpc) is 2.04. The lowest BCUT2D eigenvalue weighted by atomic mass is 10.1. The average molecular weight is 150 g/mol. The first-order chi connectivity index (χ1) is 5.25. The molecule has 58 valence electrons. The molecule has 1 aromatic heterocycles. The fraction of sp³-hybridized carbons (Fsp3) is 0.250. The number of nitrogens with zero attached hydrogens (tertiary/aromatic N) is 1. The van der Waals surface area contributed by atoms with Gasteiger partial charge in [0.05, 0.1) is 5.56 Å². The van der Waals surface area contributed by atoms with E-state index in [9.17, 15) is 4.79 Å². The van der Waals surface area contributed by atoms with E-state index in [-0.39, 0.29) is 5.91 Å². The first-order valence-electron chi connectivity index (χ1n) is 3.38. The maximum Gasteiger partial charge on any atom is 0.252 e. The Labute approximate surface area is 65.5 Å². The number of aryl methyl sites for hydroxylation is 1. The summed E-state index contributed by atoms with van der Waals surface area (Å²) in [6.07, 6.45) is 3.23. The van der Waals surface area contributed by atoms with Crippen molar-refractivity contribution in [2.45, 2.75) is 6.92 Å². The maximum absolute atomic E-state index is 11.1. The van der Waals surface area contributed by atoms with Crippen molar-refractivity contribution in [3.63, 3.8) is 0 Å². The normalized spacial score (nSPS) is 9.27. The first-order valence-corrected chi connectivity index (χ1v) is 3.38. The second-order valence-corrected chi connectivity index (χ2v) is 2.27. The van der Waals surface area contributed by atoms with Gasteiger partial charge in [-0.15, -0.1) is 0 Å². The molecule has 0 fully saturated rings. The molecule has 3 heteroatoms. The molecule has 1 aromatic rings. The third-order valence-corrected chi connectivity index (χ3v) is 1.51. The number of hydrogen-bond acceptors (Lipinski definition) is 2. The summed E-state index contributed by atoms with van der Waals surface area (Å²) < 4.78 is 0. The number of amides is 1. The van der Waals surface area contributed by atoms with Gasteiger partial charge in [-0.2, -0.15) is 0 Å². The molecule has 3 nitrogen and oxygen atoms in total. The van der Waals surface area contributed by atoms with Gasteiger partial charge in [-0.3, -0.25) is 9.78 Å². The highest BCUT2D eigenvalue weighted by molar-refractivity contribution is 5.94. The van der Waals surface area contributed by atoms with Gasteiger partial charge in [-0.1, -0.05) is 0 Å². The van der Waals surface area contributed by atoms with Crippen molar-refractivity contribution in [3.05, 3.63) is 29.6 Å². The van der Waals surface area contributed by atoms with Crippen LogP contribution in [0.3, 0.4) is 0 Å². The second kappa shape index (κ2) is 3.14. The molecule has 0 radical (unpaired) electrons. The van der Waals surface area contributed by atoms with Crippen LogP contribution in [0.4, 0.5) is 0 Å². The minimum absolute atomic E-state index is 0.0874. The Hall–Kier alpha value is -1.38. The quantitative estimate of drug-likeness (QED) is 0.641. The Morgan fingerprint density at radius 3 is 2.91 bits per heavy atom. The molecule has 0 aromatic carbocycles. The first kappa shape index (κ1) is 7.72. The van der Waals surface area contributed by atoms with E-state index in [1.165, 1.54) is 0 Å². The minimum atomic E-state index is -0.0874. The van der Waals surface area contributed by atoms with Crippen molar-refractivity contribution in [1.82, 2.24) is 10.3 Å². The highest BCUT2D eigenvalue weighted by Gasteiger charge is 2.04. The highest BCUT2D eigenvalue weighted by atomic mass is 16.1. The number of nitrogens with one attached hydrogen (secondary N) is 1. The topological polar surface area (TPSA) is 42.0 Å². The van der Waals surface area contributed by atoms with Crippen LogP contribution < -0.4 is 5.32 Å². The van der Waals surface area contributed by atoms with E-state index >= 15 is 0 Å². The van der Waals surface area contributed by atoms with E-state index in [0.29, 0.717) is 5.56 Å². The number of rotatable bonds is 1. The molecule has 0 atom stereocenters. The molecule has 1 rings (SSSR count). The van der Waals surface area contributed by atoms with Crippen molar-refractivity contribution in [3.8, 4) is 0 Å². The van der Waals surface area contributed by atoms with E-state index in [0.717, 1.165) is 5.56 Å². The number of pyridine rings is 1. The molecular weight excluding hydrogens is 140 g/mol. The third-order valence-electron chi connectivity index (χ3n) is 1.51. The Kier molecular flexibility index (Phi) is 2.21. The lowest BCUT2D eigenvalue weighted by molar-refractivity contribution is 0.0962. The summed E-state index contributed by atoms with van der Waals surface area (Å²) in [5, 5.41) is 2.54. The molecule has 1 N–H and O–H groups in total. The smallest absolute Gasteiger partial charge is 0.252 e. The molecule has 0 aliphatic rings. The van der Waals surface area contributed by atoms with Crippen molar-refractivity contribution in [1.29, 1.82) is 0 Å². The van der Waals surface area contributed by atoms with Gasteiger partial charge in [0.25, 0.3) is 5.91 Å². The Bertz CT molecular complexity index is 271. The number of aromatic nitrogens is 1. The van der Waals surface area contributed by atoms with Crippen LogP contribution in [0.2, 0.25) is 0 Å². The minimum Gasteiger partial charge on any atom is -0.355 e. The number of carbonyl (C=O) groups is 1. The van der Waals surface area contributed by atoms with E-state index in [2.05, 4.69) is 10.3 Å². The van der Waals surface area contributed by atoms with Gasteiger partial charge in [-0.25, -0.2) is 0 Å². The number of hydrogen-bond donors (Lipinski definition) is 1. The Morgan fingerprint density at radius 2 is 2.36 bits per heavy atom. The van der Waals surface area contributed by atoms with Gasteiger partial charge in [0.1, 0.15) is 0 Å². The largest absolute Gasteiger partial charge is 0.355 e. The fourth-order valence-electron chi connectivity index (χ4n) is 0.836. The molecule has 0 aliphatic carbocycles. The zero-order valence-corrected chi connectivity index (χ0v) is 6.59. The predicted octanol–water partition coefficient (Wildman–Crippen LogP) is 0.750. The molecule has 0 saturated carbocycles. The molecule has 0 unspecified atom stereocenters. The summed E-state index contributed by atoms with van der Waals surface area (Å²) in [5.41, 5.74) is 1.58. The zero-order chi connectivity index (χ0) is 8.27. The molecular formula is C8H10N2O. The van der Waals surface area contributed by atoms with E-state index in [1.54, 1.807) is 19.4 Å². The van der Waals surface area contributed by atoms with Crippen LogP contribution >= 0.6 is 0 Å². The molecule has 1 heterocycles. The van der Waals surface area contributed by atoms with Crippen LogP contribution in [-0.2, 0) is 0 Å². The van der Waals surface area contributed by atoms with Crippen LogP contribution in [0.15, 0.2) is 18.5 Å². The van der Waals surface area contributed by atoms with Crippen LogP contribution in [0.25, 0.3) is 0 Å². The monoisotopic (exact) mass is 150 g/mol. The van der Waals surface area contributed by atoms with Crippen molar-refractivity contribution < 1.29 is 4.79 Å². The fourth-order valence-corrected chi connectivity index (χ4v) is 0.836. The second-order valence-electron chi connectivity index (χ2n) is 2.27. The summed E-state index contributed by atoms with van der Waals surface area (Å²) in [5.74, 6) is -0.0874. The van der Waals surface area contributed by atoms with Crippen LogP contribution in [0.1, 0.15) is 15.9 Å². The predicted molar refractivity (Wildman–Crippen MR) is 42.4 cm³/mol. The molecule has 0 aliphatic heterocycles. The molecule has 0 bridgehead atoms. The molecule has 0 spiro atoms. The molecule has 1 amide bonds. The van der Waals surface area contributed by atoms with Crippen molar-refractivity contribution >= 4 is 5.91 Å². The summed E-state index contributed by atoms with van der Waals surface area (Å²) in [7, 11) is 1.61. The highest BCUT2D eigenvalue weighted by Crippen LogP contribution is 2.03. The van der Waals surface area contributed by atoms with Crippen LogP contribution in [0, 0.1) is 6.92 Å². The SMILES string of the molecule is CNC(=O)c1cnccc1C. The van der Waals surface area contributed by atoms with Gasteiger partial charge in [0.15, 0.2) is 0 Å². The Balaban J connectivity index is 3.03. The lowest BCUT2D eigenvalue weighted by Gasteiger charge is -2.01. The van der Waals surface area contributed by atoms with Gasteiger partial charge in [0.2, 0.25) is 0 Å². The molecule has 0 saturated heterocycles. The van der Waals surface area contributed by atoms with Crippen molar-refractivity contribution in [2.75, 3.05) is 7.05 Å². The van der Waals surface area contributed by atoms with Crippen molar-refractivity contribution in [2.24, 2.45) is 0 Å².